The van der Waals surface area contributed by atoms with E-state index in [0.29, 0.717) is 11.1 Å². The van der Waals surface area contributed by atoms with E-state index >= 15 is 4.39 Å². The maximum atomic E-state index is 15.0. The third-order valence-electron chi connectivity index (χ3n) is 5.12. The van der Waals surface area contributed by atoms with Crippen molar-refractivity contribution in [3.63, 3.8) is 0 Å². The van der Waals surface area contributed by atoms with Crippen LogP contribution in [0.5, 0.6) is 0 Å². The van der Waals surface area contributed by atoms with E-state index < -0.39 is 44.1 Å². The van der Waals surface area contributed by atoms with Crippen LogP contribution in [0.4, 0.5) is 4.39 Å². The number of aromatic nitrogens is 1. The number of nitrogens with two attached hydrogens (primary N) is 1. The summed E-state index contributed by atoms with van der Waals surface area (Å²) in [4.78, 5) is 26.7. The van der Waals surface area contributed by atoms with Gasteiger partial charge in [0.05, 0.1) is 20.8 Å². The fourth-order valence-electron chi connectivity index (χ4n) is 3.60. The number of H-pyrrole nitrogens is 1. The van der Waals surface area contributed by atoms with Gasteiger partial charge in [-0.3, -0.25) is 15.0 Å². The Morgan fingerprint density at radius 1 is 1.12 bits per heavy atom. The summed E-state index contributed by atoms with van der Waals surface area (Å²) in [5.74, 6) is -2.86. The molecule has 0 spiro atoms. The van der Waals surface area contributed by atoms with Gasteiger partial charge in [0.15, 0.2) is 5.82 Å². The van der Waals surface area contributed by atoms with Crippen molar-refractivity contribution >= 4 is 44.2 Å². The molecule has 2 amide bonds. The minimum Gasteiger partial charge on any atom is -0.368 e. The number of primary amides is 1. The molecule has 0 aliphatic rings. The number of nitrogens with one attached hydrogen (secondary N) is 3. The number of hydrazine groups is 1. The van der Waals surface area contributed by atoms with E-state index in [9.17, 15) is 18.0 Å². The molecule has 5 N–H and O–H groups in total. The van der Waals surface area contributed by atoms with E-state index in [-0.39, 0.29) is 26.7 Å². The first-order valence-corrected chi connectivity index (χ1v) is 11.9. The lowest BCUT2D eigenvalue weighted by molar-refractivity contribution is -0.121. The van der Waals surface area contributed by atoms with Gasteiger partial charge in [0.1, 0.15) is 16.6 Å². The van der Waals surface area contributed by atoms with Gasteiger partial charge in [-0.1, -0.05) is 31.5 Å². The lowest BCUT2D eigenvalue weighted by Crippen LogP contribution is -2.53. The number of fused-ring (bicyclic) bond motifs is 1. The van der Waals surface area contributed by atoms with Gasteiger partial charge in [-0.25, -0.2) is 18.2 Å². The molecule has 33 heavy (non-hydrogen) atoms. The molecule has 0 fully saturated rings. The molecule has 176 valence electrons. The van der Waals surface area contributed by atoms with E-state index in [4.69, 9.17) is 17.3 Å². The third kappa shape index (κ3) is 4.73. The number of benzene rings is 2. The number of amides is 2. The van der Waals surface area contributed by atoms with Crippen molar-refractivity contribution in [3.05, 3.63) is 58.0 Å². The first kappa shape index (κ1) is 24.7. The molecule has 1 atom stereocenters. The van der Waals surface area contributed by atoms with Gasteiger partial charge in [0.2, 0.25) is 15.7 Å². The number of carbonyl (C=O) groups excluding carboxylic acids is 2. The van der Waals surface area contributed by atoms with Crippen LogP contribution in [0.15, 0.2) is 40.1 Å². The van der Waals surface area contributed by atoms with Crippen molar-refractivity contribution in [2.75, 3.05) is 0 Å². The van der Waals surface area contributed by atoms with Gasteiger partial charge in [0, 0.05) is 0 Å². The molecule has 0 radical (unpaired) electrons. The lowest BCUT2D eigenvalue weighted by Gasteiger charge is -2.19. The Bertz CT molecular complexity index is 1350. The first-order valence-electron chi connectivity index (χ1n) is 10.0. The average Bonchev–Trinajstić information content (AvgIpc) is 3.11. The topological polar surface area (TPSA) is 134 Å². The van der Waals surface area contributed by atoms with Crippen LogP contribution in [0.1, 0.15) is 35.5 Å². The Balaban J connectivity index is 2.21. The van der Waals surface area contributed by atoms with Crippen molar-refractivity contribution in [2.24, 2.45) is 11.7 Å². The molecule has 0 aliphatic carbocycles. The van der Waals surface area contributed by atoms with E-state index in [1.54, 1.807) is 33.8 Å². The molecule has 3 rings (SSSR count). The van der Waals surface area contributed by atoms with Crippen LogP contribution < -0.4 is 16.6 Å². The highest BCUT2D eigenvalue weighted by Crippen LogP contribution is 2.36. The monoisotopic (exact) mass is 494 g/mol. The van der Waals surface area contributed by atoms with Gasteiger partial charge >= 0.3 is 0 Å². The summed E-state index contributed by atoms with van der Waals surface area (Å²) in [7, 11) is -4.36. The number of rotatable bonds is 7. The maximum absolute atomic E-state index is 15.0. The van der Waals surface area contributed by atoms with Crippen molar-refractivity contribution < 1.29 is 22.4 Å². The van der Waals surface area contributed by atoms with Crippen molar-refractivity contribution in [2.45, 2.75) is 43.5 Å². The predicted molar refractivity (Wildman–Crippen MR) is 123 cm³/mol. The fourth-order valence-corrected chi connectivity index (χ4v) is 5.56. The van der Waals surface area contributed by atoms with Crippen LogP contribution in [0.2, 0.25) is 5.02 Å². The van der Waals surface area contributed by atoms with Crippen LogP contribution >= 0.6 is 11.6 Å². The Morgan fingerprint density at radius 2 is 1.73 bits per heavy atom. The van der Waals surface area contributed by atoms with Crippen molar-refractivity contribution in [1.29, 1.82) is 0 Å². The Labute approximate surface area is 195 Å². The van der Waals surface area contributed by atoms with E-state index in [1.807, 2.05) is 0 Å². The molecular weight excluding hydrogens is 471 g/mol. The average molecular weight is 495 g/mol. The van der Waals surface area contributed by atoms with E-state index in [1.165, 1.54) is 24.3 Å². The largest absolute Gasteiger partial charge is 0.368 e. The third-order valence-corrected chi connectivity index (χ3v) is 7.22. The zero-order chi connectivity index (χ0) is 24.7. The molecule has 3 aromatic rings. The summed E-state index contributed by atoms with van der Waals surface area (Å²) in [5.41, 5.74) is 11.2. The zero-order valence-electron chi connectivity index (χ0n) is 18.4. The minimum atomic E-state index is -4.36. The van der Waals surface area contributed by atoms with Crippen LogP contribution in [0.25, 0.3) is 10.9 Å². The molecule has 8 nitrogen and oxygen atoms in total. The van der Waals surface area contributed by atoms with Gasteiger partial charge < -0.3 is 10.7 Å². The van der Waals surface area contributed by atoms with Gasteiger partial charge in [-0.2, -0.15) is 0 Å². The lowest BCUT2D eigenvalue weighted by atomic mass is 10.1. The maximum Gasteiger partial charge on any atom is 0.283 e. The summed E-state index contributed by atoms with van der Waals surface area (Å²) < 4.78 is 42.3. The zero-order valence-corrected chi connectivity index (χ0v) is 20.0. The molecule has 0 aliphatic heterocycles. The number of sulfone groups is 1. The van der Waals surface area contributed by atoms with Gasteiger partial charge in [0.25, 0.3) is 5.91 Å². The summed E-state index contributed by atoms with van der Waals surface area (Å²) in [6.07, 6.45) is 0. The SMILES string of the molecule is Cc1cc(C)cc(S(=O)(=O)c2c(C(=O)NNC(C(N)=O)C(C)C)[nH]c3ccc(Cl)c(F)c23)c1. The second kappa shape index (κ2) is 9.12. The number of hydrogen-bond acceptors (Lipinski definition) is 5. The smallest absolute Gasteiger partial charge is 0.283 e. The summed E-state index contributed by atoms with van der Waals surface area (Å²) in [5, 5.41) is -0.626. The van der Waals surface area contributed by atoms with E-state index in [0.717, 1.165) is 0 Å². The van der Waals surface area contributed by atoms with E-state index in [2.05, 4.69) is 15.8 Å². The molecular formula is C22H24ClFN4O4S. The number of hydrogen-bond donors (Lipinski definition) is 4. The predicted octanol–water partition coefficient (Wildman–Crippen LogP) is 3.15. The fraction of sp³-hybridized carbons (Fsp3) is 0.273. The normalized spacial score (nSPS) is 12.8. The van der Waals surface area contributed by atoms with Crippen LogP contribution in [-0.2, 0) is 14.6 Å². The second-order valence-corrected chi connectivity index (χ2v) is 10.5. The molecule has 1 aromatic heterocycles. The quantitative estimate of drug-likeness (QED) is 0.374. The molecule has 2 aromatic carbocycles. The summed E-state index contributed by atoms with van der Waals surface area (Å²) in [6.45, 7) is 6.88. The highest BCUT2D eigenvalue weighted by Gasteiger charge is 2.32. The first-order chi connectivity index (χ1) is 15.3. The Hall–Kier alpha value is -2.95. The number of aromatic amines is 1. The van der Waals surface area contributed by atoms with Crippen LogP contribution in [0.3, 0.4) is 0 Å². The number of halogens is 2. The van der Waals surface area contributed by atoms with Gasteiger partial charge in [-0.05, 0) is 55.2 Å². The minimum absolute atomic E-state index is 0.0697. The molecule has 0 saturated carbocycles. The van der Waals surface area contributed by atoms with Crippen molar-refractivity contribution in [3.8, 4) is 0 Å². The molecule has 0 saturated heterocycles. The summed E-state index contributed by atoms with van der Waals surface area (Å²) in [6, 6.07) is 6.39. The summed E-state index contributed by atoms with van der Waals surface area (Å²) >= 11 is 5.92. The highest BCUT2D eigenvalue weighted by molar-refractivity contribution is 7.91. The highest BCUT2D eigenvalue weighted by atomic mass is 35.5. The molecule has 11 heteroatoms. The Kier molecular flexibility index (Phi) is 6.83. The number of carbonyl (C=O) groups is 2. The Morgan fingerprint density at radius 3 is 2.27 bits per heavy atom. The van der Waals surface area contributed by atoms with Crippen LogP contribution in [-0.4, -0.2) is 31.3 Å². The second-order valence-electron chi connectivity index (χ2n) is 8.16. The van der Waals surface area contributed by atoms with Crippen molar-refractivity contribution in [1.82, 2.24) is 15.8 Å². The molecule has 0 bridgehead atoms. The standard InChI is InChI=1S/C22H24ClFN4O4S/c1-10(2)18(21(25)29)27-28-22(30)19-20(16-15(26-19)6-5-14(23)17(16)24)33(31,32)13-8-11(3)7-12(4)9-13/h5-10,18,26-27H,1-4H3,(H2,25,29)(H,28,30). The molecule has 1 heterocycles. The molecule has 1 unspecified atom stereocenters. The number of aryl methyl sites for hydroxylation is 2. The van der Waals surface area contributed by atoms with Crippen LogP contribution in [0, 0.1) is 25.6 Å². The van der Waals surface area contributed by atoms with Gasteiger partial charge in [-0.15, -0.1) is 0 Å².